The highest BCUT2D eigenvalue weighted by atomic mass is 16.5. The summed E-state index contributed by atoms with van der Waals surface area (Å²) in [5, 5.41) is 3.38. The zero-order chi connectivity index (χ0) is 12.1. The van der Waals surface area contributed by atoms with Crippen LogP contribution in [0, 0.1) is 0 Å². The van der Waals surface area contributed by atoms with E-state index in [1.54, 1.807) is 6.20 Å². The van der Waals surface area contributed by atoms with Gasteiger partial charge in [0.25, 0.3) is 0 Å². The van der Waals surface area contributed by atoms with Crippen LogP contribution in [0.25, 0.3) is 0 Å². The predicted octanol–water partition coefficient (Wildman–Crippen LogP) is 1.75. The van der Waals surface area contributed by atoms with Gasteiger partial charge in [0.15, 0.2) is 0 Å². The van der Waals surface area contributed by atoms with E-state index in [0.29, 0.717) is 12.6 Å². The zero-order valence-electron chi connectivity index (χ0n) is 10.5. The molecule has 2 heterocycles. The van der Waals surface area contributed by atoms with Crippen molar-refractivity contribution in [3.05, 3.63) is 24.0 Å². The Labute approximate surface area is 102 Å². The summed E-state index contributed by atoms with van der Waals surface area (Å²) in [7, 11) is 0. The summed E-state index contributed by atoms with van der Waals surface area (Å²) >= 11 is 0. The summed E-state index contributed by atoms with van der Waals surface area (Å²) in [5.41, 5.74) is 1.10. The fraction of sp³-hybridized carbons (Fsp3) is 0.615. The molecule has 0 radical (unpaired) electrons. The molecule has 1 unspecified atom stereocenters. The van der Waals surface area contributed by atoms with E-state index in [1.807, 2.05) is 12.3 Å². The largest absolute Gasteiger partial charge is 0.487 e. The van der Waals surface area contributed by atoms with E-state index in [9.17, 15) is 0 Å². The quantitative estimate of drug-likeness (QED) is 0.846. The van der Waals surface area contributed by atoms with Gasteiger partial charge in [-0.15, -0.1) is 0 Å². The molecular formula is C13H20N2O2. The van der Waals surface area contributed by atoms with Gasteiger partial charge in [0.2, 0.25) is 0 Å². The van der Waals surface area contributed by atoms with Crippen LogP contribution in [0.2, 0.25) is 0 Å². The normalized spacial score (nSPS) is 19.8. The van der Waals surface area contributed by atoms with Crippen molar-refractivity contribution in [1.82, 2.24) is 10.3 Å². The molecule has 2 rings (SSSR count). The Morgan fingerprint density at radius 1 is 1.59 bits per heavy atom. The van der Waals surface area contributed by atoms with Crippen LogP contribution >= 0.6 is 0 Å². The van der Waals surface area contributed by atoms with Crippen molar-refractivity contribution in [2.75, 3.05) is 13.2 Å². The van der Waals surface area contributed by atoms with Crippen LogP contribution in [0.1, 0.15) is 25.8 Å². The second-order valence-corrected chi connectivity index (χ2v) is 4.62. The van der Waals surface area contributed by atoms with E-state index < -0.39 is 0 Å². The number of ether oxygens (including phenoxy) is 2. The first-order chi connectivity index (χ1) is 8.25. The molecule has 1 aromatic heterocycles. The molecule has 1 N–H and O–H groups in total. The van der Waals surface area contributed by atoms with Gasteiger partial charge in [-0.05, 0) is 6.07 Å². The molecule has 4 heteroatoms. The van der Waals surface area contributed by atoms with Gasteiger partial charge in [-0.3, -0.25) is 4.98 Å². The minimum Gasteiger partial charge on any atom is -0.487 e. The van der Waals surface area contributed by atoms with Crippen molar-refractivity contribution >= 4 is 0 Å². The fourth-order valence-electron chi connectivity index (χ4n) is 1.76. The van der Waals surface area contributed by atoms with E-state index in [-0.39, 0.29) is 6.10 Å². The molecule has 0 bridgehead atoms. The minimum absolute atomic E-state index is 0.190. The van der Waals surface area contributed by atoms with Crippen molar-refractivity contribution in [2.24, 2.45) is 0 Å². The maximum absolute atomic E-state index is 5.93. The molecule has 0 spiro atoms. The van der Waals surface area contributed by atoms with Gasteiger partial charge in [-0.2, -0.15) is 0 Å². The first-order valence-corrected chi connectivity index (χ1v) is 6.16. The van der Waals surface area contributed by atoms with E-state index in [2.05, 4.69) is 24.1 Å². The molecule has 1 aliphatic heterocycles. The second-order valence-electron chi connectivity index (χ2n) is 4.62. The van der Waals surface area contributed by atoms with Crippen LogP contribution in [0.4, 0.5) is 0 Å². The van der Waals surface area contributed by atoms with E-state index in [0.717, 1.165) is 30.9 Å². The number of pyridine rings is 1. The summed E-state index contributed by atoms with van der Waals surface area (Å²) in [4.78, 5) is 4.15. The highest BCUT2D eigenvalue weighted by Gasteiger charge is 2.18. The minimum atomic E-state index is 0.190. The maximum Gasteiger partial charge on any atom is 0.127 e. The molecule has 1 saturated heterocycles. The number of aromatic nitrogens is 1. The van der Waals surface area contributed by atoms with Crippen molar-refractivity contribution < 1.29 is 9.47 Å². The summed E-state index contributed by atoms with van der Waals surface area (Å²) in [6.07, 6.45) is 4.79. The monoisotopic (exact) mass is 236 g/mol. The van der Waals surface area contributed by atoms with Crippen molar-refractivity contribution in [2.45, 2.75) is 39.0 Å². The Bertz CT molecular complexity index is 349. The SMILES string of the molecule is CC(C)NCc1cnccc1OC1CCOC1. The number of nitrogens with zero attached hydrogens (tertiary/aromatic N) is 1. The van der Waals surface area contributed by atoms with Crippen LogP contribution in [0.15, 0.2) is 18.5 Å². The third kappa shape index (κ3) is 3.68. The average Bonchev–Trinajstić information content (AvgIpc) is 2.80. The summed E-state index contributed by atoms with van der Waals surface area (Å²) in [5.74, 6) is 0.920. The molecule has 0 amide bonds. The maximum atomic E-state index is 5.93. The Balaban J connectivity index is 1.99. The molecule has 17 heavy (non-hydrogen) atoms. The Morgan fingerprint density at radius 3 is 3.18 bits per heavy atom. The molecule has 0 aromatic carbocycles. The number of nitrogens with one attached hydrogen (secondary N) is 1. The van der Waals surface area contributed by atoms with Gasteiger partial charge in [-0.25, -0.2) is 0 Å². The lowest BCUT2D eigenvalue weighted by atomic mass is 10.2. The summed E-state index contributed by atoms with van der Waals surface area (Å²) in [6.45, 7) is 6.53. The molecule has 1 aromatic rings. The van der Waals surface area contributed by atoms with Crippen LogP contribution in [-0.4, -0.2) is 30.3 Å². The van der Waals surface area contributed by atoms with E-state index in [4.69, 9.17) is 9.47 Å². The molecule has 1 aliphatic rings. The van der Waals surface area contributed by atoms with Crippen molar-refractivity contribution in [3.8, 4) is 5.75 Å². The van der Waals surface area contributed by atoms with Gasteiger partial charge < -0.3 is 14.8 Å². The molecule has 1 fully saturated rings. The first-order valence-electron chi connectivity index (χ1n) is 6.16. The van der Waals surface area contributed by atoms with Crippen LogP contribution in [-0.2, 0) is 11.3 Å². The molecule has 4 nitrogen and oxygen atoms in total. The summed E-state index contributed by atoms with van der Waals surface area (Å²) in [6, 6.07) is 2.38. The standard InChI is InChI=1S/C13H20N2O2/c1-10(2)15-8-11-7-14-5-3-13(11)17-12-4-6-16-9-12/h3,5,7,10,12,15H,4,6,8-9H2,1-2H3. The van der Waals surface area contributed by atoms with Gasteiger partial charge in [0.05, 0.1) is 13.2 Å². The van der Waals surface area contributed by atoms with Crippen LogP contribution < -0.4 is 10.1 Å². The summed E-state index contributed by atoms with van der Waals surface area (Å²) < 4.78 is 11.2. The van der Waals surface area contributed by atoms with Crippen molar-refractivity contribution in [3.63, 3.8) is 0 Å². The fourth-order valence-corrected chi connectivity index (χ4v) is 1.76. The van der Waals surface area contributed by atoms with Gasteiger partial charge in [-0.1, -0.05) is 13.8 Å². The highest BCUT2D eigenvalue weighted by Crippen LogP contribution is 2.20. The lowest BCUT2D eigenvalue weighted by molar-refractivity contribution is 0.140. The molecule has 1 atom stereocenters. The molecule has 94 valence electrons. The van der Waals surface area contributed by atoms with Gasteiger partial charge in [0.1, 0.15) is 11.9 Å². The number of hydrogen-bond donors (Lipinski definition) is 1. The first kappa shape index (κ1) is 12.3. The highest BCUT2D eigenvalue weighted by molar-refractivity contribution is 5.30. The number of rotatable bonds is 5. The van der Waals surface area contributed by atoms with Crippen LogP contribution in [0.3, 0.4) is 0 Å². The molecule has 0 saturated carbocycles. The number of hydrogen-bond acceptors (Lipinski definition) is 4. The second kappa shape index (κ2) is 5.98. The lowest BCUT2D eigenvalue weighted by Gasteiger charge is -2.16. The third-order valence-electron chi connectivity index (χ3n) is 2.74. The van der Waals surface area contributed by atoms with E-state index >= 15 is 0 Å². The average molecular weight is 236 g/mol. The predicted molar refractivity (Wildman–Crippen MR) is 66.1 cm³/mol. The zero-order valence-corrected chi connectivity index (χ0v) is 10.5. The Kier molecular flexibility index (Phi) is 4.34. The third-order valence-corrected chi connectivity index (χ3v) is 2.74. The Morgan fingerprint density at radius 2 is 2.47 bits per heavy atom. The lowest BCUT2D eigenvalue weighted by Crippen LogP contribution is -2.23. The smallest absolute Gasteiger partial charge is 0.127 e. The van der Waals surface area contributed by atoms with Gasteiger partial charge >= 0.3 is 0 Å². The molecule has 0 aliphatic carbocycles. The van der Waals surface area contributed by atoms with E-state index in [1.165, 1.54) is 0 Å². The Hall–Kier alpha value is -1.13. The van der Waals surface area contributed by atoms with Crippen LogP contribution in [0.5, 0.6) is 5.75 Å². The van der Waals surface area contributed by atoms with Gasteiger partial charge in [0, 0.05) is 37.0 Å². The topological polar surface area (TPSA) is 43.4 Å². The molecular weight excluding hydrogens is 216 g/mol. The van der Waals surface area contributed by atoms with Crippen molar-refractivity contribution in [1.29, 1.82) is 0 Å².